The van der Waals surface area contributed by atoms with Gasteiger partial charge < -0.3 is 10.2 Å². The molecule has 30 heavy (non-hydrogen) atoms. The van der Waals surface area contributed by atoms with E-state index in [-0.39, 0.29) is 23.8 Å². The summed E-state index contributed by atoms with van der Waals surface area (Å²) >= 11 is 0. The van der Waals surface area contributed by atoms with Gasteiger partial charge >= 0.3 is 0 Å². The average Bonchev–Trinajstić information content (AvgIpc) is 3.23. The number of hydrogen-bond donors (Lipinski definition) is 1. The van der Waals surface area contributed by atoms with Crippen molar-refractivity contribution in [3.63, 3.8) is 0 Å². The molecule has 2 aliphatic rings. The van der Waals surface area contributed by atoms with Crippen molar-refractivity contribution < 1.29 is 18.0 Å². The molecule has 2 amide bonds. The van der Waals surface area contributed by atoms with Gasteiger partial charge in [0, 0.05) is 31.6 Å². The molecular weight excluding hydrogens is 402 g/mol. The molecule has 2 fully saturated rings. The molecule has 7 nitrogen and oxygen atoms in total. The Morgan fingerprint density at radius 1 is 1.10 bits per heavy atom. The molecule has 166 valence electrons. The van der Waals surface area contributed by atoms with Crippen molar-refractivity contribution in [1.82, 2.24) is 14.5 Å². The summed E-state index contributed by atoms with van der Waals surface area (Å²) in [7, 11) is -3.54. The van der Waals surface area contributed by atoms with Gasteiger partial charge in [0.25, 0.3) is 0 Å². The van der Waals surface area contributed by atoms with Crippen LogP contribution in [-0.4, -0.2) is 61.2 Å². The quantitative estimate of drug-likeness (QED) is 0.743. The molecule has 2 saturated heterocycles. The Morgan fingerprint density at radius 3 is 2.33 bits per heavy atom. The Labute approximate surface area is 179 Å². The first-order valence-electron chi connectivity index (χ1n) is 10.9. The number of carbonyl (C=O) groups is 2. The highest BCUT2D eigenvalue weighted by Gasteiger charge is 2.39. The van der Waals surface area contributed by atoms with Gasteiger partial charge in [0.1, 0.15) is 6.04 Å². The van der Waals surface area contributed by atoms with Crippen LogP contribution < -0.4 is 5.32 Å². The number of nitrogens with zero attached hydrogens (tertiary/aromatic N) is 2. The summed E-state index contributed by atoms with van der Waals surface area (Å²) < 4.78 is 27.2. The largest absolute Gasteiger partial charge is 0.352 e. The molecule has 0 radical (unpaired) electrons. The van der Waals surface area contributed by atoms with Gasteiger partial charge in [-0.25, -0.2) is 8.42 Å². The van der Waals surface area contributed by atoms with E-state index in [1.165, 1.54) is 4.31 Å². The number of aryl methyl sites for hydroxylation is 1. The number of piperidine rings is 1. The molecule has 2 atom stereocenters. The number of nitrogens with one attached hydrogen (secondary N) is 1. The summed E-state index contributed by atoms with van der Waals surface area (Å²) in [4.78, 5) is 27.7. The van der Waals surface area contributed by atoms with Gasteiger partial charge in [-0.2, -0.15) is 4.31 Å². The Hall–Kier alpha value is -1.93. The van der Waals surface area contributed by atoms with Crippen LogP contribution in [0.4, 0.5) is 0 Å². The van der Waals surface area contributed by atoms with E-state index in [1.807, 2.05) is 20.8 Å². The van der Waals surface area contributed by atoms with Gasteiger partial charge in [0.15, 0.2) is 0 Å². The lowest BCUT2D eigenvalue weighted by molar-refractivity contribution is -0.142. The maximum atomic E-state index is 13.1. The first-order chi connectivity index (χ1) is 14.2. The number of sulfonamides is 1. The molecule has 1 N–H and O–H groups in total. The van der Waals surface area contributed by atoms with E-state index >= 15 is 0 Å². The van der Waals surface area contributed by atoms with Crippen LogP contribution in [0.1, 0.15) is 51.5 Å². The van der Waals surface area contributed by atoms with Crippen LogP contribution in [0.3, 0.4) is 0 Å². The number of carbonyl (C=O) groups excluding carboxylic acids is 2. The van der Waals surface area contributed by atoms with E-state index in [4.69, 9.17) is 0 Å². The molecule has 2 heterocycles. The SMILES string of the molecule is CCC(C)NC(=O)[C@@H]1CCCN1C(=O)C1CCN(S(=O)(=O)c2ccc(C)cc2)CC1. The first kappa shape index (κ1) is 22.7. The predicted molar refractivity (Wildman–Crippen MR) is 115 cm³/mol. The van der Waals surface area contributed by atoms with Crippen molar-refractivity contribution in [2.24, 2.45) is 5.92 Å². The second kappa shape index (κ2) is 9.47. The summed E-state index contributed by atoms with van der Waals surface area (Å²) in [5.41, 5.74) is 1.01. The third-order valence-corrected chi connectivity index (χ3v) is 8.21. The molecule has 0 saturated carbocycles. The minimum atomic E-state index is -3.54. The van der Waals surface area contributed by atoms with Gasteiger partial charge in [-0.1, -0.05) is 24.6 Å². The number of amides is 2. The number of rotatable bonds is 6. The lowest BCUT2D eigenvalue weighted by Gasteiger charge is -2.34. The normalized spacial score (nSPS) is 22.1. The number of hydrogen-bond acceptors (Lipinski definition) is 4. The maximum absolute atomic E-state index is 13.1. The van der Waals surface area contributed by atoms with Gasteiger partial charge in [0.2, 0.25) is 21.8 Å². The molecule has 0 bridgehead atoms. The van der Waals surface area contributed by atoms with E-state index in [1.54, 1.807) is 29.2 Å². The topological polar surface area (TPSA) is 86.8 Å². The fourth-order valence-corrected chi connectivity index (χ4v) is 5.65. The zero-order chi connectivity index (χ0) is 21.9. The smallest absolute Gasteiger partial charge is 0.243 e. The second-order valence-corrected chi connectivity index (χ2v) is 10.4. The van der Waals surface area contributed by atoms with Crippen molar-refractivity contribution in [3.05, 3.63) is 29.8 Å². The van der Waals surface area contributed by atoms with Crippen molar-refractivity contribution >= 4 is 21.8 Å². The van der Waals surface area contributed by atoms with Gasteiger partial charge in [-0.15, -0.1) is 0 Å². The lowest BCUT2D eigenvalue weighted by Crippen LogP contribution is -2.51. The third-order valence-electron chi connectivity index (χ3n) is 6.30. The molecule has 2 aliphatic heterocycles. The Kier molecular flexibility index (Phi) is 7.18. The van der Waals surface area contributed by atoms with E-state index < -0.39 is 16.1 Å². The first-order valence-corrected chi connectivity index (χ1v) is 12.4. The lowest BCUT2D eigenvalue weighted by atomic mass is 9.96. The van der Waals surface area contributed by atoms with Crippen LogP contribution in [0.2, 0.25) is 0 Å². The summed E-state index contributed by atoms with van der Waals surface area (Å²) in [5, 5.41) is 2.99. The van der Waals surface area contributed by atoms with Gasteiger partial charge in [-0.05, 0) is 58.1 Å². The zero-order valence-corrected chi connectivity index (χ0v) is 19.0. The zero-order valence-electron chi connectivity index (χ0n) is 18.1. The van der Waals surface area contributed by atoms with Gasteiger partial charge in [-0.3, -0.25) is 9.59 Å². The third kappa shape index (κ3) is 4.86. The standard InChI is InChI=1S/C22H33N3O4S/c1-4-17(3)23-21(26)20-6-5-13-25(20)22(27)18-11-14-24(15-12-18)30(28,29)19-9-7-16(2)8-10-19/h7-10,17-18,20H,4-6,11-15H2,1-3H3,(H,23,26)/t17?,20-/m0/s1. The molecule has 0 spiro atoms. The molecule has 1 aromatic rings. The number of likely N-dealkylation sites (tertiary alicyclic amines) is 1. The van der Waals surface area contributed by atoms with Crippen LogP contribution in [0.25, 0.3) is 0 Å². The fraction of sp³-hybridized carbons (Fsp3) is 0.636. The molecule has 8 heteroatoms. The molecule has 1 unspecified atom stereocenters. The molecular formula is C22H33N3O4S. The van der Waals surface area contributed by atoms with E-state index in [9.17, 15) is 18.0 Å². The van der Waals surface area contributed by atoms with Crippen LogP contribution in [0, 0.1) is 12.8 Å². The monoisotopic (exact) mass is 435 g/mol. The van der Waals surface area contributed by atoms with Gasteiger partial charge in [0.05, 0.1) is 4.90 Å². The van der Waals surface area contributed by atoms with E-state index in [0.717, 1.165) is 18.4 Å². The van der Waals surface area contributed by atoms with E-state index in [2.05, 4.69) is 5.32 Å². The average molecular weight is 436 g/mol. The number of benzene rings is 1. The summed E-state index contributed by atoms with van der Waals surface area (Å²) in [6.45, 7) is 7.14. The van der Waals surface area contributed by atoms with Crippen molar-refractivity contribution in [2.45, 2.75) is 69.9 Å². The highest BCUT2D eigenvalue weighted by molar-refractivity contribution is 7.89. The molecule has 0 aromatic heterocycles. The molecule has 0 aliphatic carbocycles. The fourth-order valence-electron chi connectivity index (χ4n) is 4.18. The summed E-state index contributed by atoms with van der Waals surface area (Å²) in [5.74, 6) is -0.315. The summed E-state index contributed by atoms with van der Waals surface area (Å²) in [6.07, 6.45) is 3.33. The highest BCUT2D eigenvalue weighted by Crippen LogP contribution is 2.28. The van der Waals surface area contributed by atoms with Crippen LogP contribution in [0.15, 0.2) is 29.2 Å². The summed E-state index contributed by atoms with van der Waals surface area (Å²) in [6, 6.07) is 6.53. The maximum Gasteiger partial charge on any atom is 0.243 e. The second-order valence-electron chi connectivity index (χ2n) is 8.50. The predicted octanol–water partition coefficient (Wildman–Crippen LogP) is 2.30. The van der Waals surface area contributed by atoms with Crippen LogP contribution in [-0.2, 0) is 19.6 Å². The van der Waals surface area contributed by atoms with E-state index in [0.29, 0.717) is 43.8 Å². The Bertz CT molecular complexity index is 861. The van der Waals surface area contributed by atoms with Crippen molar-refractivity contribution in [1.29, 1.82) is 0 Å². The minimum Gasteiger partial charge on any atom is -0.352 e. The Balaban J connectivity index is 1.61. The van der Waals surface area contributed by atoms with Crippen molar-refractivity contribution in [2.75, 3.05) is 19.6 Å². The Morgan fingerprint density at radius 2 is 1.73 bits per heavy atom. The minimum absolute atomic E-state index is 0.0100. The highest BCUT2D eigenvalue weighted by atomic mass is 32.2. The van der Waals surface area contributed by atoms with Crippen molar-refractivity contribution in [3.8, 4) is 0 Å². The van der Waals surface area contributed by atoms with Crippen LogP contribution >= 0.6 is 0 Å². The van der Waals surface area contributed by atoms with Crippen LogP contribution in [0.5, 0.6) is 0 Å². The molecule has 3 rings (SSSR count). The molecule has 1 aromatic carbocycles.